The maximum atomic E-state index is 13.0. The molecule has 7 aromatic rings. The third-order valence-corrected chi connectivity index (χ3v) is 30.0. The molecule has 1 aliphatic carbocycles. The number of aryl methyl sites for hydroxylation is 2. The molecule has 32 heteroatoms. The Labute approximate surface area is 567 Å². The van der Waals surface area contributed by atoms with Gasteiger partial charge < -0.3 is 20.5 Å². The van der Waals surface area contributed by atoms with Crippen molar-refractivity contribution < 1.29 is 57.4 Å². The average Bonchev–Trinajstić information content (AvgIpc) is 1.16. The number of hydrogen-bond acceptors (Lipinski definition) is 20. The Morgan fingerprint density at radius 2 is 0.842 bits per heavy atom. The van der Waals surface area contributed by atoms with E-state index in [4.69, 9.17) is 4.52 Å². The number of hydrogen-bond donors (Lipinski definition) is 4. The first kappa shape index (κ1) is 72.5. The molecule has 5 aliphatic rings. The van der Waals surface area contributed by atoms with Gasteiger partial charge in [-0.2, -0.15) is 0 Å². The van der Waals surface area contributed by atoms with Crippen LogP contribution in [0.15, 0.2) is 107 Å². The Morgan fingerprint density at radius 3 is 1.21 bits per heavy atom. The molecule has 95 heavy (non-hydrogen) atoms. The summed E-state index contributed by atoms with van der Waals surface area (Å²) in [5, 5.41) is 17.7. The predicted molar refractivity (Wildman–Crippen MR) is 372 cm³/mol. The molecule has 3 aromatic carbocycles. The smallest absolute Gasteiger partial charge is 0.249 e. The van der Waals surface area contributed by atoms with E-state index < -0.39 is 82.7 Å². The lowest BCUT2D eigenvalue weighted by atomic mass is 10.1. The molecule has 12 rings (SSSR count). The van der Waals surface area contributed by atoms with Gasteiger partial charge in [-0.15, -0.1) is 22.7 Å². The molecule has 8 heterocycles. The van der Waals surface area contributed by atoms with Gasteiger partial charge in [-0.3, -0.25) is 24.5 Å². The van der Waals surface area contributed by atoms with E-state index in [-0.39, 0.29) is 5.88 Å². The number of rotatable bonds is 20. The monoisotopic (exact) mass is 1440 g/mol. The van der Waals surface area contributed by atoms with Gasteiger partial charge in [0.1, 0.15) is 5.69 Å². The van der Waals surface area contributed by atoms with Crippen molar-refractivity contribution in [2.75, 3.05) is 73.6 Å². The van der Waals surface area contributed by atoms with Crippen LogP contribution in [-0.4, -0.2) is 166 Å². The second-order valence-electron chi connectivity index (χ2n) is 25.3. The van der Waals surface area contributed by atoms with Gasteiger partial charge in [0.15, 0.2) is 34.4 Å². The maximum absolute atomic E-state index is 13.0. The molecule has 25 nitrogen and oxygen atoms in total. The zero-order chi connectivity index (χ0) is 69.1. The number of anilines is 4. The SMILES string of the molecule is CC(C)(C(=O)Nc1cc(-c2ccccc2)no1)S(=O)(=O)N1CCC1.CC(C)(C(=O)Nc1nc(-c2ccccc2)c(-c2ccccc2)s1)S(=O)(=O)N1CCC1.CC(C)(C(=O)Nc1nc(C2CC2)cs1)S(=O)(=O)N1CCC1.Cc1nc(NC(=O)C(C)(C)S(=O)(=O)N2CCC2)sc1C. The van der Waals surface area contributed by atoms with Crippen LogP contribution in [-0.2, 0) is 59.3 Å². The number of thiazole rings is 3. The van der Waals surface area contributed by atoms with E-state index in [1.165, 1.54) is 107 Å². The fraction of sp³-hybridized carbons (Fsp3) is 0.460. The number of nitrogens with one attached hydrogen (secondary N) is 4. The second kappa shape index (κ2) is 28.8. The number of sulfonamides is 4. The highest BCUT2D eigenvalue weighted by molar-refractivity contribution is 7.92. The second-order valence-corrected chi connectivity index (χ2v) is 38.3. The van der Waals surface area contributed by atoms with Crippen molar-refractivity contribution in [2.45, 2.75) is 133 Å². The van der Waals surface area contributed by atoms with Crippen molar-refractivity contribution >= 4 is 119 Å². The normalized spacial score (nSPS) is 16.7. The van der Waals surface area contributed by atoms with E-state index in [9.17, 15) is 52.8 Å². The van der Waals surface area contributed by atoms with Crippen molar-refractivity contribution in [3.63, 3.8) is 0 Å². The largest absolute Gasteiger partial charge is 0.338 e. The molecule has 0 atom stereocenters. The molecule has 4 amide bonds. The Balaban J connectivity index is 0.000000151. The highest BCUT2D eigenvalue weighted by Crippen LogP contribution is 2.42. The Hall–Kier alpha value is -6.72. The first-order valence-electron chi connectivity index (χ1n) is 30.9. The fourth-order valence-electron chi connectivity index (χ4n) is 9.34. The van der Waals surface area contributed by atoms with Gasteiger partial charge in [0.2, 0.25) is 69.6 Å². The molecule has 512 valence electrons. The van der Waals surface area contributed by atoms with Crippen molar-refractivity contribution in [2.24, 2.45) is 0 Å². The van der Waals surface area contributed by atoms with E-state index >= 15 is 0 Å². The van der Waals surface area contributed by atoms with Crippen LogP contribution in [0.5, 0.6) is 0 Å². The van der Waals surface area contributed by atoms with Crippen LogP contribution >= 0.6 is 34.0 Å². The standard InChI is InChI=1S/C22H23N3O3S2.C16H19N3O4S.C13H19N3O3S2.C12H19N3O3S2/c1-22(2,30(27,28)25-14-9-15-25)20(26)24-21-23-18(16-10-5-3-6-11-16)19(29-21)17-12-7-4-8-13-17;1-16(2,24(21,22)19-9-6-10-19)15(20)17-14-11-13(18-23-14)12-7-4-3-5-8-12;1-13(2,21(18,19)16-6-3-7-16)11(17)15-12-14-10(8-20-12)9-4-5-9;1-8-9(2)19-11(13-8)14-10(16)12(3,4)20(17,18)15-6-5-7-15/h3-8,10-13H,9,14-15H2,1-2H3,(H,23,24,26);3-5,7-8,11H,6,9-10H2,1-2H3,(H,17,20);8-9H,3-7H2,1-2H3,(H,14,15,17);5-7H2,1-4H3,(H,13,14,16). The van der Waals surface area contributed by atoms with Crippen LogP contribution in [0.25, 0.3) is 33.0 Å². The van der Waals surface area contributed by atoms with Crippen LogP contribution in [0.2, 0.25) is 0 Å². The van der Waals surface area contributed by atoms with Gasteiger partial charge >= 0.3 is 0 Å². The minimum atomic E-state index is -3.73. The summed E-state index contributed by atoms with van der Waals surface area (Å²) < 4.78 is 105. The van der Waals surface area contributed by atoms with Crippen molar-refractivity contribution in [3.8, 4) is 33.0 Å². The maximum Gasteiger partial charge on any atom is 0.249 e. The number of benzene rings is 3. The molecule has 4 aliphatic heterocycles. The van der Waals surface area contributed by atoms with E-state index in [1.54, 1.807) is 6.07 Å². The van der Waals surface area contributed by atoms with Crippen LogP contribution in [0.3, 0.4) is 0 Å². The van der Waals surface area contributed by atoms with Crippen molar-refractivity contribution in [1.82, 2.24) is 37.3 Å². The Morgan fingerprint density at radius 1 is 0.474 bits per heavy atom. The summed E-state index contributed by atoms with van der Waals surface area (Å²) in [6.07, 6.45) is 5.64. The third kappa shape index (κ3) is 15.5. The summed E-state index contributed by atoms with van der Waals surface area (Å²) in [5.74, 6) is -1.66. The molecule has 0 bridgehead atoms. The van der Waals surface area contributed by atoms with Crippen LogP contribution in [0.4, 0.5) is 21.3 Å². The van der Waals surface area contributed by atoms with Gasteiger partial charge in [-0.25, -0.2) is 65.8 Å². The topological polar surface area (TPSA) is 331 Å². The van der Waals surface area contributed by atoms with E-state index in [0.717, 1.165) is 82.1 Å². The summed E-state index contributed by atoms with van der Waals surface area (Å²) in [6.45, 7) is 19.0. The number of aromatic nitrogens is 4. The Bertz CT molecular complexity index is 4310. The predicted octanol–water partition coefficient (Wildman–Crippen LogP) is 9.61. The van der Waals surface area contributed by atoms with Gasteiger partial charge in [0, 0.05) is 85.7 Å². The minimum absolute atomic E-state index is 0.116. The number of amides is 4. The van der Waals surface area contributed by atoms with Crippen LogP contribution < -0.4 is 21.3 Å². The lowest BCUT2D eigenvalue weighted by molar-refractivity contribution is -0.118. The molecule has 4 aromatic heterocycles. The molecular formula is C63H80N12O13S7. The van der Waals surface area contributed by atoms with E-state index in [1.807, 2.05) is 110 Å². The van der Waals surface area contributed by atoms with Crippen molar-refractivity contribution in [3.05, 3.63) is 119 Å². The summed E-state index contributed by atoms with van der Waals surface area (Å²) >= 11 is 4.03. The quantitative estimate of drug-likeness (QED) is 0.0551. The third-order valence-electron chi connectivity index (χ3n) is 17.1. The van der Waals surface area contributed by atoms with E-state index in [2.05, 4.69) is 41.4 Å². The highest BCUT2D eigenvalue weighted by Gasteiger charge is 2.51. The van der Waals surface area contributed by atoms with Gasteiger partial charge in [0.05, 0.1) is 22.0 Å². The van der Waals surface area contributed by atoms with Gasteiger partial charge in [0.25, 0.3) is 0 Å². The Kier molecular flexibility index (Phi) is 22.0. The summed E-state index contributed by atoms with van der Waals surface area (Å²) in [6, 6.07) is 30.5. The van der Waals surface area contributed by atoms with Crippen LogP contribution in [0, 0.1) is 13.8 Å². The lowest BCUT2D eigenvalue weighted by Gasteiger charge is -2.36. The summed E-state index contributed by atoms with van der Waals surface area (Å²) in [4.78, 5) is 65.2. The summed E-state index contributed by atoms with van der Waals surface area (Å²) in [5.41, 5.74) is 5.92. The molecule has 4 N–H and O–H groups in total. The fourth-order valence-corrected chi connectivity index (χ4v) is 18.6. The number of carbonyl (C=O) groups excluding carboxylic acids is 4. The number of carbonyl (C=O) groups is 4. The zero-order valence-corrected chi connectivity index (χ0v) is 60.2. The molecule has 0 spiro atoms. The molecular weight excluding hydrogens is 1360 g/mol. The number of nitrogens with zero attached hydrogens (tertiary/aromatic N) is 8. The molecule has 1 saturated carbocycles. The first-order valence-corrected chi connectivity index (χ1v) is 39.2. The average molecular weight is 1440 g/mol. The lowest BCUT2D eigenvalue weighted by Crippen LogP contribution is -2.55. The van der Waals surface area contributed by atoms with Crippen molar-refractivity contribution in [1.29, 1.82) is 0 Å². The van der Waals surface area contributed by atoms with Gasteiger partial charge in [-0.1, -0.05) is 107 Å². The minimum Gasteiger partial charge on any atom is -0.338 e. The first-order chi connectivity index (χ1) is 44.6. The van der Waals surface area contributed by atoms with Crippen LogP contribution in [0.1, 0.15) is 116 Å². The molecule has 5 fully saturated rings. The molecule has 4 saturated heterocycles. The highest BCUT2D eigenvalue weighted by atomic mass is 32.2. The van der Waals surface area contributed by atoms with Gasteiger partial charge in [-0.05, 0) is 113 Å². The molecule has 0 radical (unpaired) electrons. The van der Waals surface area contributed by atoms with E-state index in [0.29, 0.717) is 79.4 Å². The zero-order valence-electron chi connectivity index (χ0n) is 54.5. The summed E-state index contributed by atoms with van der Waals surface area (Å²) in [7, 11) is -14.7. The molecule has 0 unspecified atom stereocenters.